The number of anilines is 2. The molecule has 2 aromatic carbocycles. The van der Waals surface area contributed by atoms with E-state index in [-0.39, 0.29) is 5.78 Å². The minimum atomic E-state index is 0.0217. The fourth-order valence-electron chi connectivity index (χ4n) is 4.05. The second kappa shape index (κ2) is 11.8. The number of carbonyl (C=O) groups is 1. The summed E-state index contributed by atoms with van der Waals surface area (Å²) in [5.41, 5.74) is 4.48. The molecular formula is C27H31N7OS. The molecule has 36 heavy (non-hydrogen) atoms. The van der Waals surface area contributed by atoms with Crippen molar-refractivity contribution in [3.63, 3.8) is 0 Å². The third-order valence-corrected chi connectivity index (χ3v) is 6.07. The molecule has 186 valence electrons. The maximum absolute atomic E-state index is 11.5. The molecule has 8 nitrogen and oxygen atoms in total. The SMILES string of the molecule is CC(=O)c1ccc(NC(=S)/N=C(/Nc2nc(C)cc(C)n2)N2CCN(Cc3ccccc3)CC2)cc1. The van der Waals surface area contributed by atoms with Crippen LogP contribution in [0, 0.1) is 13.8 Å². The van der Waals surface area contributed by atoms with Crippen molar-refractivity contribution in [2.24, 2.45) is 4.99 Å². The molecule has 0 amide bonds. The Kier molecular flexibility index (Phi) is 8.35. The lowest BCUT2D eigenvalue weighted by Crippen LogP contribution is -2.50. The van der Waals surface area contributed by atoms with Crippen molar-refractivity contribution in [3.05, 3.63) is 83.2 Å². The van der Waals surface area contributed by atoms with Crippen molar-refractivity contribution in [1.82, 2.24) is 19.8 Å². The Morgan fingerprint density at radius 3 is 2.19 bits per heavy atom. The predicted octanol–water partition coefficient (Wildman–Crippen LogP) is 4.28. The summed E-state index contributed by atoms with van der Waals surface area (Å²) in [5, 5.41) is 6.75. The summed E-state index contributed by atoms with van der Waals surface area (Å²) < 4.78 is 0. The molecule has 1 aliphatic rings. The van der Waals surface area contributed by atoms with Gasteiger partial charge in [-0.05, 0) is 68.9 Å². The van der Waals surface area contributed by atoms with Crippen LogP contribution in [0.3, 0.4) is 0 Å². The van der Waals surface area contributed by atoms with Gasteiger partial charge in [0.1, 0.15) is 0 Å². The van der Waals surface area contributed by atoms with E-state index in [2.05, 4.69) is 54.7 Å². The van der Waals surface area contributed by atoms with Crippen molar-refractivity contribution >= 4 is 40.7 Å². The third-order valence-electron chi connectivity index (χ3n) is 5.88. The number of nitrogens with one attached hydrogen (secondary N) is 2. The number of carbonyl (C=O) groups excluding carboxylic acids is 1. The second-order valence-electron chi connectivity index (χ2n) is 8.85. The molecule has 0 aliphatic carbocycles. The largest absolute Gasteiger partial charge is 0.340 e. The fraction of sp³-hybridized carbons (Fsp3) is 0.296. The lowest BCUT2D eigenvalue weighted by Gasteiger charge is -2.36. The van der Waals surface area contributed by atoms with Gasteiger partial charge in [-0.3, -0.25) is 15.0 Å². The standard InChI is InChI=1S/C27H31N7OS/c1-19-17-20(2)29-25(28-19)31-26(32-27(36)30-24-11-9-23(10-12-24)21(3)35)34-15-13-33(14-16-34)18-22-7-5-4-6-8-22/h4-12,17H,13-16,18H2,1-3H3,(H2,28,29,30,31,32,36). The number of ketones is 1. The number of Topliss-reactive ketones (excluding diaryl/α,β-unsaturated/α-hetero) is 1. The zero-order chi connectivity index (χ0) is 25.5. The third kappa shape index (κ3) is 7.16. The summed E-state index contributed by atoms with van der Waals surface area (Å²) in [6.07, 6.45) is 0. The number of rotatable bonds is 5. The molecule has 3 aromatic rings. The van der Waals surface area contributed by atoms with Crippen molar-refractivity contribution in [2.45, 2.75) is 27.3 Å². The molecule has 0 saturated carbocycles. The van der Waals surface area contributed by atoms with E-state index in [0.29, 0.717) is 22.6 Å². The van der Waals surface area contributed by atoms with Crippen LogP contribution in [0.25, 0.3) is 0 Å². The van der Waals surface area contributed by atoms with Crippen LogP contribution in [0.1, 0.15) is 34.2 Å². The zero-order valence-corrected chi connectivity index (χ0v) is 21.7. The summed E-state index contributed by atoms with van der Waals surface area (Å²) in [5.74, 6) is 1.12. The van der Waals surface area contributed by atoms with Crippen LogP contribution in [-0.4, -0.2) is 62.8 Å². The van der Waals surface area contributed by atoms with Gasteiger partial charge < -0.3 is 10.2 Å². The summed E-state index contributed by atoms with van der Waals surface area (Å²) in [6, 6.07) is 19.6. The van der Waals surface area contributed by atoms with Gasteiger partial charge in [0.15, 0.2) is 5.78 Å². The molecular weight excluding hydrogens is 470 g/mol. The van der Waals surface area contributed by atoms with Gasteiger partial charge in [0.2, 0.25) is 17.0 Å². The van der Waals surface area contributed by atoms with Crippen LogP contribution in [0.15, 0.2) is 65.7 Å². The van der Waals surface area contributed by atoms with Gasteiger partial charge in [-0.15, -0.1) is 0 Å². The van der Waals surface area contributed by atoms with E-state index >= 15 is 0 Å². The van der Waals surface area contributed by atoms with Gasteiger partial charge >= 0.3 is 0 Å². The normalized spacial score (nSPS) is 14.4. The number of aryl methyl sites for hydroxylation is 2. The highest BCUT2D eigenvalue weighted by Gasteiger charge is 2.21. The van der Waals surface area contributed by atoms with Crippen LogP contribution in [0.5, 0.6) is 0 Å². The molecule has 1 aliphatic heterocycles. The molecule has 1 fully saturated rings. The summed E-state index contributed by atoms with van der Waals surface area (Å²) in [6.45, 7) is 9.73. The first-order valence-corrected chi connectivity index (χ1v) is 12.4. The van der Waals surface area contributed by atoms with Gasteiger partial charge in [-0.1, -0.05) is 30.3 Å². The number of hydrogen-bond acceptors (Lipinski definition) is 5. The molecule has 4 rings (SSSR count). The lowest BCUT2D eigenvalue weighted by molar-refractivity contribution is 0.101. The van der Waals surface area contributed by atoms with E-state index in [1.54, 1.807) is 19.1 Å². The number of benzene rings is 2. The number of nitrogens with zero attached hydrogens (tertiary/aromatic N) is 5. The first kappa shape index (κ1) is 25.4. The van der Waals surface area contributed by atoms with Gasteiger partial charge in [-0.2, -0.15) is 4.99 Å². The Morgan fingerprint density at radius 1 is 0.944 bits per heavy atom. The highest BCUT2D eigenvalue weighted by atomic mass is 32.1. The molecule has 1 aromatic heterocycles. The van der Waals surface area contributed by atoms with E-state index in [1.165, 1.54) is 5.56 Å². The van der Waals surface area contributed by atoms with E-state index < -0.39 is 0 Å². The second-order valence-corrected chi connectivity index (χ2v) is 9.23. The molecule has 2 heterocycles. The highest BCUT2D eigenvalue weighted by Crippen LogP contribution is 2.13. The van der Waals surface area contributed by atoms with Gasteiger partial charge in [-0.25, -0.2) is 9.97 Å². The summed E-state index contributed by atoms with van der Waals surface area (Å²) >= 11 is 5.56. The van der Waals surface area contributed by atoms with Crippen molar-refractivity contribution < 1.29 is 4.79 Å². The number of aliphatic imine (C=N–C) groups is 1. The fourth-order valence-corrected chi connectivity index (χ4v) is 4.26. The van der Waals surface area contributed by atoms with Crippen molar-refractivity contribution in [3.8, 4) is 0 Å². The Morgan fingerprint density at radius 2 is 1.58 bits per heavy atom. The van der Waals surface area contributed by atoms with Gasteiger partial charge in [0, 0.05) is 55.4 Å². The first-order chi connectivity index (χ1) is 17.4. The number of aromatic nitrogens is 2. The molecule has 0 bridgehead atoms. The van der Waals surface area contributed by atoms with Crippen molar-refractivity contribution in [2.75, 3.05) is 36.8 Å². The highest BCUT2D eigenvalue weighted by molar-refractivity contribution is 7.80. The Hall–Kier alpha value is -3.69. The summed E-state index contributed by atoms with van der Waals surface area (Å²) in [7, 11) is 0. The van der Waals surface area contributed by atoms with Gasteiger partial charge in [0.05, 0.1) is 0 Å². The Bertz CT molecular complexity index is 1220. The molecule has 1 saturated heterocycles. The molecule has 2 N–H and O–H groups in total. The molecule has 0 radical (unpaired) electrons. The maximum Gasteiger partial charge on any atom is 0.229 e. The Balaban J connectivity index is 1.48. The van der Waals surface area contributed by atoms with E-state index in [1.807, 2.05) is 38.1 Å². The lowest BCUT2D eigenvalue weighted by atomic mass is 10.1. The number of guanidine groups is 1. The maximum atomic E-state index is 11.5. The van der Waals surface area contributed by atoms with Crippen LogP contribution in [0.2, 0.25) is 0 Å². The topological polar surface area (TPSA) is 85.7 Å². The smallest absolute Gasteiger partial charge is 0.229 e. The monoisotopic (exact) mass is 501 g/mol. The molecule has 9 heteroatoms. The minimum Gasteiger partial charge on any atom is -0.340 e. The van der Waals surface area contributed by atoms with Crippen LogP contribution >= 0.6 is 12.2 Å². The van der Waals surface area contributed by atoms with Crippen LogP contribution in [0.4, 0.5) is 11.6 Å². The van der Waals surface area contributed by atoms with E-state index in [4.69, 9.17) is 17.2 Å². The summed E-state index contributed by atoms with van der Waals surface area (Å²) in [4.78, 5) is 29.9. The molecule has 0 unspecified atom stereocenters. The zero-order valence-electron chi connectivity index (χ0n) is 20.9. The van der Waals surface area contributed by atoms with Crippen LogP contribution < -0.4 is 10.6 Å². The average molecular weight is 502 g/mol. The van der Waals surface area contributed by atoms with Crippen LogP contribution in [-0.2, 0) is 6.54 Å². The number of piperazine rings is 1. The quantitative estimate of drug-likeness (QED) is 0.232. The molecule has 0 spiro atoms. The molecule has 0 atom stereocenters. The predicted molar refractivity (Wildman–Crippen MR) is 149 cm³/mol. The Labute approximate surface area is 217 Å². The van der Waals surface area contributed by atoms with E-state index in [9.17, 15) is 4.79 Å². The number of hydrogen-bond donors (Lipinski definition) is 2. The van der Waals surface area contributed by atoms with Gasteiger partial charge in [0.25, 0.3) is 0 Å². The number of thiocarbonyl (C=S) groups is 1. The van der Waals surface area contributed by atoms with Crippen molar-refractivity contribution in [1.29, 1.82) is 0 Å². The average Bonchev–Trinajstić information content (AvgIpc) is 2.84. The first-order valence-electron chi connectivity index (χ1n) is 12.0. The minimum absolute atomic E-state index is 0.0217. The van der Waals surface area contributed by atoms with E-state index in [0.717, 1.165) is 49.8 Å².